The van der Waals surface area contributed by atoms with Gasteiger partial charge in [0.1, 0.15) is 17.3 Å². The highest BCUT2D eigenvalue weighted by molar-refractivity contribution is 5.94. The van der Waals surface area contributed by atoms with Crippen LogP contribution in [0.5, 0.6) is 5.75 Å². The molecule has 0 aliphatic carbocycles. The first-order chi connectivity index (χ1) is 13.1. The highest BCUT2D eigenvalue weighted by atomic mass is 16.6. The average molecular weight is 365 g/mol. The SMILES string of the molecule is O=C(N/N=C/c1ccc([N+](=O)[O-])o1)c1ccc(OCc2ccccc2)cc1. The molecule has 136 valence electrons. The minimum absolute atomic E-state index is 0.159. The molecule has 0 fully saturated rings. The van der Waals surface area contributed by atoms with Crippen molar-refractivity contribution in [3.05, 3.63) is 93.7 Å². The minimum Gasteiger partial charge on any atom is -0.489 e. The molecular formula is C19H15N3O5. The Labute approximate surface area is 154 Å². The third kappa shape index (κ3) is 5.02. The Kier molecular flexibility index (Phi) is 5.58. The Morgan fingerprint density at radius 3 is 2.52 bits per heavy atom. The van der Waals surface area contributed by atoms with Crippen molar-refractivity contribution in [3.63, 3.8) is 0 Å². The van der Waals surface area contributed by atoms with Gasteiger partial charge < -0.3 is 9.15 Å². The normalized spacial score (nSPS) is 10.7. The van der Waals surface area contributed by atoms with E-state index < -0.39 is 16.7 Å². The van der Waals surface area contributed by atoms with Gasteiger partial charge in [0.15, 0.2) is 5.76 Å². The van der Waals surface area contributed by atoms with Crippen molar-refractivity contribution < 1.29 is 18.9 Å². The van der Waals surface area contributed by atoms with E-state index in [9.17, 15) is 14.9 Å². The molecule has 0 saturated carbocycles. The molecule has 8 heteroatoms. The highest BCUT2D eigenvalue weighted by Crippen LogP contribution is 2.15. The van der Waals surface area contributed by atoms with Crippen LogP contribution in [0.4, 0.5) is 5.88 Å². The number of hydrogen-bond donors (Lipinski definition) is 1. The fourth-order valence-corrected chi connectivity index (χ4v) is 2.17. The van der Waals surface area contributed by atoms with Crippen molar-refractivity contribution in [1.82, 2.24) is 5.43 Å². The van der Waals surface area contributed by atoms with Crippen molar-refractivity contribution in [2.75, 3.05) is 0 Å². The molecule has 2 aromatic carbocycles. The zero-order valence-corrected chi connectivity index (χ0v) is 14.1. The lowest BCUT2D eigenvalue weighted by atomic mass is 10.2. The van der Waals surface area contributed by atoms with Gasteiger partial charge in [0.05, 0.1) is 12.3 Å². The fraction of sp³-hybridized carbons (Fsp3) is 0.0526. The third-order valence-electron chi connectivity index (χ3n) is 3.52. The number of carbonyl (C=O) groups is 1. The van der Waals surface area contributed by atoms with Gasteiger partial charge in [-0.05, 0) is 35.9 Å². The van der Waals surface area contributed by atoms with Gasteiger partial charge in [0, 0.05) is 5.56 Å². The Morgan fingerprint density at radius 1 is 1.11 bits per heavy atom. The van der Waals surface area contributed by atoms with Crippen LogP contribution < -0.4 is 10.2 Å². The molecule has 0 aliphatic rings. The van der Waals surface area contributed by atoms with Crippen LogP contribution in [0.15, 0.2) is 76.2 Å². The first-order valence-corrected chi connectivity index (χ1v) is 7.96. The van der Waals surface area contributed by atoms with Gasteiger partial charge in [-0.15, -0.1) is 0 Å². The molecule has 1 N–H and O–H groups in total. The van der Waals surface area contributed by atoms with Gasteiger partial charge in [-0.25, -0.2) is 5.43 Å². The first-order valence-electron chi connectivity index (χ1n) is 7.96. The van der Waals surface area contributed by atoms with Gasteiger partial charge in [-0.3, -0.25) is 14.9 Å². The summed E-state index contributed by atoms with van der Waals surface area (Å²) in [7, 11) is 0. The molecule has 8 nitrogen and oxygen atoms in total. The predicted molar refractivity (Wildman–Crippen MR) is 97.6 cm³/mol. The summed E-state index contributed by atoms with van der Waals surface area (Å²) in [5.74, 6) is -0.0238. The summed E-state index contributed by atoms with van der Waals surface area (Å²) in [4.78, 5) is 21.9. The quantitative estimate of drug-likeness (QED) is 0.391. The van der Waals surface area contributed by atoms with Crippen molar-refractivity contribution in [2.45, 2.75) is 6.61 Å². The molecule has 0 aliphatic heterocycles. The zero-order valence-electron chi connectivity index (χ0n) is 14.1. The summed E-state index contributed by atoms with van der Waals surface area (Å²) in [6.45, 7) is 0.436. The van der Waals surface area contributed by atoms with Gasteiger partial charge in [-0.1, -0.05) is 30.3 Å². The number of benzene rings is 2. The van der Waals surface area contributed by atoms with Crippen LogP contribution in [0, 0.1) is 10.1 Å². The Bertz CT molecular complexity index is 949. The third-order valence-corrected chi connectivity index (χ3v) is 3.52. The monoisotopic (exact) mass is 365 g/mol. The fourth-order valence-electron chi connectivity index (χ4n) is 2.17. The standard InChI is InChI=1S/C19H15N3O5/c23-19(21-20-12-17-10-11-18(27-17)22(24)25)15-6-8-16(9-7-15)26-13-14-4-2-1-3-5-14/h1-12H,13H2,(H,21,23)/b20-12+. The molecule has 27 heavy (non-hydrogen) atoms. The number of ether oxygens (including phenoxy) is 1. The molecular weight excluding hydrogens is 350 g/mol. The lowest BCUT2D eigenvalue weighted by Crippen LogP contribution is -2.17. The number of rotatable bonds is 7. The summed E-state index contributed by atoms with van der Waals surface area (Å²) in [6, 6.07) is 18.9. The van der Waals surface area contributed by atoms with Gasteiger partial charge in [0.25, 0.3) is 5.91 Å². The van der Waals surface area contributed by atoms with E-state index in [-0.39, 0.29) is 5.76 Å². The van der Waals surface area contributed by atoms with E-state index in [2.05, 4.69) is 10.5 Å². The lowest BCUT2D eigenvalue weighted by Gasteiger charge is -2.07. The number of nitrogens with zero attached hydrogens (tertiary/aromatic N) is 2. The van der Waals surface area contributed by atoms with E-state index in [0.717, 1.165) is 5.56 Å². The van der Waals surface area contributed by atoms with Gasteiger partial charge >= 0.3 is 5.88 Å². The van der Waals surface area contributed by atoms with Crippen LogP contribution in [-0.2, 0) is 6.61 Å². The van der Waals surface area contributed by atoms with E-state index in [1.807, 2.05) is 30.3 Å². The maximum atomic E-state index is 12.0. The van der Waals surface area contributed by atoms with E-state index >= 15 is 0 Å². The second kappa shape index (κ2) is 8.43. The maximum absolute atomic E-state index is 12.0. The van der Waals surface area contributed by atoms with E-state index in [0.29, 0.717) is 17.9 Å². The summed E-state index contributed by atoms with van der Waals surface area (Å²) in [6.07, 6.45) is 1.18. The van der Waals surface area contributed by atoms with Crippen LogP contribution in [0.25, 0.3) is 0 Å². The second-order valence-electron chi connectivity index (χ2n) is 5.43. The Morgan fingerprint density at radius 2 is 1.85 bits per heavy atom. The molecule has 0 unspecified atom stereocenters. The van der Waals surface area contributed by atoms with E-state index in [1.165, 1.54) is 18.3 Å². The van der Waals surface area contributed by atoms with Crippen molar-refractivity contribution >= 4 is 18.0 Å². The van der Waals surface area contributed by atoms with E-state index in [4.69, 9.17) is 9.15 Å². The topological polar surface area (TPSA) is 107 Å². The molecule has 1 amide bonds. The van der Waals surface area contributed by atoms with Crippen LogP contribution in [0.2, 0.25) is 0 Å². The molecule has 3 rings (SSSR count). The van der Waals surface area contributed by atoms with Crippen molar-refractivity contribution in [2.24, 2.45) is 5.10 Å². The minimum atomic E-state index is -0.655. The highest BCUT2D eigenvalue weighted by Gasteiger charge is 2.10. The number of amides is 1. The largest absolute Gasteiger partial charge is 0.489 e. The summed E-state index contributed by atoms with van der Waals surface area (Å²) in [5.41, 5.74) is 3.76. The number of nitro groups is 1. The molecule has 0 spiro atoms. The summed E-state index contributed by atoms with van der Waals surface area (Å²) < 4.78 is 10.6. The Hall–Kier alpha value is -3.94. The van der Waals surface area contributed by atoms with Crippen LogP contribution in [-0.4, -0.2) is 17.0 Å². The molecule has 3 aromatic rings. The predicted octanol–water partition coefficient (Wildman–Crippen LogP) is 3.53. The molecule has 0 radical (unpaired) electrons. The molecule has 0 atom stereocenters. The van der Waals surface area contributed by atoms with Gasteiger partial charge in [0.2, 0.25) is 0 Å². The van der Waals surface area contributed by atoms with Gasteiger partial charge in [-0.2, -0.15) is 5.10 Å². The number of carbonyl (C=O) groups excluding carboxylic acids is 1. The summed E-state index contributed by atoms with van der Waals surface area (Å²) >= 11 is 0. The first kappa shape index (κ1) is 17.9. The summed E-state index contributed by atoms with van der Waals surface area (Å²) in [5, 5.41) is 14.2. The molecule has 0 bridgehead atoms. The number of nitrogens with one attached hydrogen (secondary N) is 1. The lowest BCUT2D eigenvalue weighted by molar-refractivity contribution is -0.402. The van der Waals surface area contributed by atoms with Crippen LogP contribution in [0.1, 0.15) is 21.7 Å². The Balaban J connectivity index is 1.52. The number of hydrazone groups is 1. The second-order valence-corrected chi connectivity index (χ2v) is 5.43. The van der Waals surface area contributed by atoms with Crippen LogP contribution >= 0.6 is 0 Å². The smallest absolute Gasteiger partial charge is 0.433 e. The van der Waals surface area contributed by atoms with Crippen molar-refractivity contribution in [3.8, 4) is 5.75 Å². The number of furan rings is 1. The zero-order chi connectivity index (χ0) is 19.1. The van der Waals surface area contributed by atoms with Crippen molar-refractivity contribution in [1.29, 1.82) is 0 Å². The molecule has 0 saturated heterocycles. The van der Waals surface area contributed by atoms with E-state index in [1.54, 1.807) is 24.3 Å². The number of hydrogen-bond acceptors (Lipinski definition) is 6. The molecule has 1 aromatic heterocycles. The molecule has 1 heterocycles. The average Bonchev–Trinajstić information content (AvgIpc) is 3.17. The maximum Gasteiger partial charge on any atom is 0.433 e. The van der Waals surface area contributed by atoms with Crippen LogP contribution in [0.3, 0.4) is 0 Å².